The van der Waals surface area contributed by atoms with Crippen molar-refractivity contribution >= 4 is 40.4 Å². The first kappa shape index (κ1) is 30.9. The van der Waals surface area contributed by atoms with E-state index in [-0.39, 0.29) is 23.5 Å². The van der Waals surface area contributed by atoms with Crippen molar-refractivity contribution in [3.05, 3.63) is 89.6 Å². The topological polar surface area (TPSA) is 123 Å². The third kappa shape index (κ3) is 6.63. The normalized spacial score (nSPS) is 16.3. The van der Waals surface area contributed by atoms with E-state index in [1.54, 1.807) is 48.5 Å². The van der Waals surface area contributed by atoms with Gasteiger partial charge in [0.25, 0.3) is 5.91 Å². The molecule has 46 heavy (non-hydrogen) atoms. The van der Waals surface area contributed by atoms with Crippen molar-refractivity contribution in [3.8, 4) is 11.4 Å². The molecule has 11 heteroatoms. The second kappa shape index (κ2) is 13.1. The minimum absolute atomic E-state index is 0.0625. The van der Waals surface area contributed by atoms with Crippen LogP contribution in [0.5, 0.6) is 5.75 Å². The van der Waals surface area contributed by atoms with Crippen molar-refractivity contribution < 1.29 is 33.0 Å². The van der Waals surface area contributed by atoms with Crippen molar-refractivity contribution in [2.24, 2.45) is 0 Å². The number of carbonyl (C=O) groups excluding carboxylic acids is 2. The Morgan fingerprint density at radius 1 is 0.957 bits per heavy atom. The Hall–Kier alpha value is -5.06. The number of benzene rings is 3. The second-order valence-electron chi connectivity index (χ2n) is 11.9. The summed E-state index contributed by atoms with van der Waals surface area (Å²) >= 11 is 0. The van der Waals surface area contributed by atoms with E-state index in [2.05, 4.69) is 15.4 Å². The number of hydrogen-bond donors (Lipinski definition) is 3. The van der Waals surface area contributed by atoms with Gasteiger partial charge >= 0.3 is 12.6 Å². The highest BCUT2D eigenvalue weighted by Crippen LogP contribution is 2.39. The van der Waals surface area contributed by atoms with Gasteiger partial charge in [0.15, 0.2) is 0 Å². The molecule has 0 saturated heterocycles. The summed E-state index contributed by atoms with van der Waals surface area (Å²) in [6.07, 6.45) is 9.70. The molecule has 4 aromatic rings. The van der Waals surface area contributed by atoms with Crippen LogP contribution in [0.1, 0.15) is 78.9 Å². The average Bonchev–Trinajstić information content (AvgIpc) is 3.41. The Labute approximate surface area is 264 Å². The van der Waals surface area contributed by atoms with Gasteiger partial charge in [0, 0.05) is 28.6 Å². The summed E-state index contributed by atoms with van der Waals surface area (Å²) < 4.78 is 31.8. The molecule has 2 saturated carbocycles. The van der Waals surface area contributed by atoms with Crippen molar-refractivity contribution in [2.75, 3.05) is 5.32 Å². The third-order valence-electron chi connectivity index (χ3n) is 8.85. The van der Waals surface area contributed by atoms with E-state index in [9.17, 15) is 23.2 Å². The predicted octanol–water partition coefficient (Wildman–Crippen LogP) is 7.06. The maximum absolute atomic E-state index is 13.6. The van der Waals surface area contributed by atoms with Gasteiger partial charge in [-0.15, -0.1) is 0 Å². The van der Waals surface area contributed by atoms with Crippen LogP contribution in [-0.4, -0.2) is 44.8 Å². The zero-order chi connectivity index (χ0) is 32.3. The van der Waals surface area contributed by atoms with E-state index >= 15 is 0 Å². The summed E-state index contributed by atoms with van der Waals surface area (Å²) in [6.45, 7) is -2.91. The van der Waals surface area contributed by atoms with Gasteiger partial charge in [-0.05, 0) is 92.3 Å². The Morgan fingerprint density at radius 2 is 1.67 bits per heavy atom. The zero-order valence-electron chi connectivity index (χ0n) is 25.0. The summed E-state index contributed by atoms with van der Waals surface area (Å²) in [4.78, 5) is 37.7. The van der Waals surface area contributed by atoms with E-state index in [0.717, 1.165) is 49.3 Å². The molecule has 6 rings (SSSR count). The lowest BCUT2D eigenvalue weighted by molar-refractivity contribution is -0.131. The number of rotatable bonds is 10. The molecule has 2 aliphatic carbocycles. The van der Waals surface area contributed by atoms with Crippen LogP contribution in [0.3, 0.4) is 0 Å². The molecule has 0 atom stereocenters. The lowest BCUT2D eigenvalue weighted by atomic mass is 9.75. The molecular weight excluding hydrogens is 594 g/mol. The molecule has 9 nitrogen and oxygen atoms in total. The molecule has 0 unspecified atom stereocenters. The molecule has 0 aliphatic heterocycles. The van der Waals surface area contributed by atoms with Gasteiger partial charge in [-0.2, -0.15) is 13.9 Å². The third-order valence-corrected chi connectivity index (χ3v) is 8.85. The smallest absolute Gasteiger partial charge is 0.387 e. The summed E-state index contributed by atoms with van der Waals surface area (Å²) in [5.74, 6) is -1.42. The Morgan fingerprint density at radius 3 is 2.30 bits per heavy atom. The summed E-state index contributed by atoms with van der Waals surface area (Å²) in [5, 5.41) is 20.5. The maximum atomic E-state index is 13.6. The summed E-state index contributed by atoms with van der Waals surface area (Å²) in [5.41, 5.74) is 2.90. The van der Waals surface area contributed by atoms with Gasteiger partial charge in [-0.25, -0.2) is 9.48 Å². The van der Waals surface area contributed by atoms with Gasteiger partial charge in [0.05, 0.1) is 16.9 Å². The van der Waals surface area contributed by atoms with Crippen LogP contribution in [0.15, 0.2) is 72.8 Å². The number of carboxylic acids is 1. The SMILES string of the molecule is O=C(O)C=Cc1ccc(NC(=O)C2(NC(=O)c3ccc4c(C5CCCCC5)n(-c5ccc(OC(F)F)cc5)nc4c3)CCC2)cc1. The minimum atomic E-state index is -2.91. The molecule has 0 bridgehead atoms. The molecule has 3 aromatic carbocycles. The van der Waals surface area contributed by atoms with E-state index in [1.807, 2.05) is 10.7 Å². The molecular formula is C35H34F2N4O5. The largest absolute Gasteiger partial charge is 0.478 e. The van der Waals surface area contributed by atoms with Gasteiger partial charge < -0.3 is 20.5 Å². The van der Waals surface area contributed by atoms with Crippen LogP contribution in [0.25, 0.3) is 22.7 Å². The molecule has 1 aromatic heterocycles. The van der Waals surface area contributed by atoms with Crippen LogP contribution < -0.4 is 15.4 Å². The second-order valence-corrected chi connectivity index (χ2v) is 11.9. The number of aliphatic carboxylic acids is 1. The fourth-order valence-electron chi connectivity index (χ4n) is 6.31. The first-order valence-electron chi connectivity index (χ1n) is 15.4. The average molecular weight is 629 g/mol. The summed E-state index contributed by atoms with van der Waals surface area (Å²) in [6, 6.07) is 18.5. The number of aromatic nitrogens is 2. The van der Waals surface area contributed by atoms with E-state index in [1.165, 1.54) is 24.6 Å². The number of alkyl halides is 2. The highest BCUT2D eigenvalue weighted by molar-refractivity contribution is 6.05. The highest BCUT2D eigenvalue weighted by Gasteiger charge is 2.45. The molecule has 2 aliphatic rings. The number of carboxylic acid groups (broad SMARTS) is 1. The Bertz CT molecular complexity index is 1770. The van der Waals surface area contributed by atoms with Gasteiger partial charge in [0.2, 0.25) is 5.91 Å². The quantitative estimate of drug-likeness (QED) is 0.162. The van der Waals surface area contributed by atoms with Crippen LogP contribution in [-0.2, 0) is 9.59 Å². The number of nitrogens with one attached hydrogen (secondary N) is 2. The lowest BCUT2D eigenvalue weighted by Crippen LogP contribution is -2.61. The number of hydrogen-bond acceptors (Lipinski definition) is 5. The van der Waals surface area contributed by atoms with E-state index < -0.39 is 18.1 Å². The van der Waals surface area contributed by atoms with Crippen molar-refractivity contribution in [1.82, 2.24) is 15.1 Å². The predicted molar refractivity (Wildman–Crippen MR) is 169 cm³/mol. The monoisotopic (exact) mass is 628 g/mol. The van der Waals surface area contributed by atoms with Crippen molar-refractivity contribution in [1.29, 1.82) is 0 Å². The fourth-order valence-corrected chi connectivity index (χ4v) is 6.31. The van der Waals surface area contributed by atoms with Crippen LogP contribution in [0.4, 0.5) is 14.5 Å². The molecule has 2 amide bonds. The number of anilines is 1. The summed E-state index contributed by atoms with van der Waals surface area (Å²) in [7, 11) is 0. The van der Waals surface area contributed by atoms with Gasteiger partial charge in [-0.3, -0.25) is 9.59 Å². The molecule has 1 heterocycles. The van der Waals surface area contributed by atoms with Crippen molar-refractivity contribution in [2.45, 2.75) is 69.4 Å². The number of nitrogens with zero attached hydrogens (tertiary/aromatic N) is 2. The Kier molecular flexibility index (Phi) is 8.83. The number of ether oxygens (including phenoxy) is 1. The Balaban J connectivity index is 1.23. The van der Waals surface area contributed by atoms with Crippen LogP contribution >= 0.6 is 0 Å². The van der Waals surface area contributed by atoms with Crippen LogP contribution in [0.2, 0.25) is 0 Å². The molecule has 0 radical (unpaired) electrons. The molecule has 238 valence electrons. The van der Waals surface area contributed by atoms with E-state index in [4.69, 9.17) is 10.2 Å². The standard InChI is InChI=1S/C35H34F2N4O5/c36-34(37)46-27-15-13-26(14-16-27)41-31(23-5-2-1-3-6-23)28-17-10-24(21-29(28)40-41)32(44)39-35(19-4-20-35)33(45)38-25-11-7-22(8-12-25)9-18-30(42)43/h7-18,21,23,34H,1-6,19-20H2,(H,38,45)(H,39,44)(H,42,43). The molecule has 2 fully saturated rings. The zero-order valence-corrected chi connectivity index (χ0v) is 25.0. The van der Waals surface area contributed by atoms with Crippen molar-refractivity contribution in [3.63, 3.8) is 0 Å². The fraction of sp³-hybridized carbons (Fsp3) is 0.314. The van der Waals surface area contributed by atoms with Gasteiger partial charge in [-0.1, -0.05) is 37.5 Å². The number of carbonyl (C=O) groups is 3. The first-order chi connectivity index (χ1) is 22.2. The van der Waals surface area contributed by atoms with E-state index in [0.29, 0.717) is 40.9 Å². The molecule has 3 N–H and O–H groups in total. The number of halogens is 2. The molecule has 0 spiro atoms. The number of amides is 2. The first-order valence-corrected chi connectivity index (χ1v) is 15.4. The maximum Gasteiger partial charge on any atom is 0.387 e. The van der Waals surface area contributed by atoms with Gasteiger partial charge in [0.1, 0.15) is 11.3 Å². The highest BCUT2D eigenvalue weighted by atomic mass is 19.3. The van der Waals surface area contributed by atoms with Crippen LogP contribution in [0, 0.1) is 0 Å². The lowest BCUT2D eigenvalue weighted by Gasteiger charge is -2.40. The number of fused-ring (bicyclic) bond motifs is 1. The minimum Gasteiger partial charge on any atom is -0.478 e.